The average Bonchev–Trinajstić information content (AvgIpc) is 2.64. The van der Waals surface area contributed by atoms with Gasteiger partial charge in [-0.05, 0) is 52.0 Å². The summed E-state index contributed by atoms with van der Waals surface area (Å²) in [5.74, 6) is -1.83. The van der Waals surface area contributed by atoms with E-state index in [0.29, 0.717) is 0 Å². The van der Waals surface area contributed by atoms with Crippen LogP contribution in [0.4, 0.5) is 0 Å². The summed E-state index contributed by atoms with van der Waals surface area (Å²) in [5.41, 5.74) is -0.267. The van der Waals surface area contributed by atoms with Crippen LogP contribution >= 0.6 is 0 Å². The van der Waals surface area contributed by atoms with Gasteiger partial charge in [0, 0.05) is 18.8 Å². The van der Waals surface area contributed by atoms with Crippen LogP contribution in [0, 0.1) is 5.41 Å². The van der Waals surface area contributed by atoms with E-state index >= 15 is 0 Å². The monoisotopic (exact) mass is 438 g/mol. The minimum Gasteiger partial charge on any atom is -0.508 e. The first-order valence-corrected chi connectivity index (χ1v) is 10.8. The number of ether oxygens (including phenoxy) is 2. The first kappa shape index (κ1) is 23.7. The second-order valence-corrected chi connectivity index (χ2v) is 9.12. The van der Waals surface area contributed by atoms with E-state index in [1.54, 1.807) is 13.8 Å². The Bertz CT molecular complexity index is 941. The second kappa shape index (κ2) is 9.50. The molecular weight excluding hydrogens is 412 g/mol. The van der Waals surface area contributed by atoms with E-state index in [9.17, 15) is 23.1 Å². The van der Waals surface area contributed by atoms with Crippen molar-refractivity contribution in [2.24, 2.45) is 0 Å². The summed E-state index contributed by atoms with van der Waals surface area (Å²) < 4.78 is 37.6. The number of ketones is 1. The summed E-state index contributed by atoms with van der Waals surface area (Å²) in [5, 5.41) is 17.4. The van der Waals surface area contributed by atoms with Gasteiger partial charge in [-0.2, -0.15) is 4.31 Å². The van der Waals surface area contributed by atoms with Crippen molar-refractivity contribution >= 4 is 27.5 Å². The molecule has 1 aliphatic heterocycles. The molecule has 0 saturated carbocycles. The normalized spacial score (nSPS) is 20.9. The van der Waals surface area contributed by atoms with Gasteiger partial charge in [0.2, 0.25) is 10.0 Å². The Labute approximate surface area is 175 Å². The van der Waals surface area contributed by atoms with Crippen LogP contribution in [0.25, 0.3) is 0 Å². The van der Waals surface area contributed by atoms with Crippen LogP contribution in [0.5, 0.6) is 0 Å². The quantitative estimate of drug-likeness (QED) is 0.288. The fourth-order valence-corrected chi connectivity index (χ4v) is 4.80. The molecule has 2 N–H and O–H groups in total. The van der Waals surface area contributed by atoms with Crippen molar-refractivity contribution in [1.82, 2.24) is 4.31 Å². The first-order valence-electron chi connectivity index (χ1n) is 9.34. The standard InChI is InChI=1S/C20H26N2O7S/c1-12-9-22(10-13(2)29-12)30(26,27)17-7-5-16(6-8-17)20(25)28-11-18(24)19(14(3)21)15(4)23/h5-8,12-13,21,24H,9-11H2,1-4H3/b19-18-,21-14?. The first-order chi connectivity index (χ1) is 13.9. The van der Waals surface area contributed by atoms with Gasteiger partial charge in [-0.25, -0.2) is 13.2 Å². The topological polar surface area (TPSA) is 134 Å². The van der Waals surface area contributed by atoms with E-state index in [-0.39, 0.29) is 47.0 Å². The van der Waals surface area contributed by atoms with Gasteiger partial charge in [0.25, 0.3) is 0 Å². The molecule has 0 amide bonds. The molecule has 1 heterocycles. The molecule has 10 heteroatoms. The maximum absolute atomic E-state index is 12.8. The minimum atomic E-state index is -3.73. The number of allylic oxidation sites excluding steroid dienone is 1. The number of aliphatic hydroxyl groups is 1. The van der Waals surface area contributed by atoms with Crippen LogP contribution in [0.3, 0.4) is 0 Å². The Kier molecular flexibility index (Phi) is 7.51. The number of esters is 1. The largest absolute Gasteiger partial charge is 0.508 e. The fraction of sp³-hybridized carbons (Fsp3) is 0.450. The lowest BCUT2D eigenvalue weighted by molar-refractivity contribution is -0.113. The lowest BCUT2D eigenvalue weighted by Gasteiger charge is -2.34. The molecule has 1 aliphatic rings. The smallest absolute Gasteiger partial charge is 0.338 e. The number of hydrogen-bond donors (Lipinski definition) is 2. The van der Waals surface area contributed by atoms with Crippen LogP contribution < -0.4 is 0 Å². The molecular formula is C20H26N2O7S. The zero-order valence-corrected chi connectivity index (χ0v) is 18.2. The molecule has 0 radical (unpaired) electrons. The van der Waals surface area contributed by atoms with E-state index in [1.807, 2.05) is 0 Å². The lowest BCUT2D eigenvalue weighted by Crippen LogP contribution is -2.48. The summed E-state index contributed by atoms with van der Waals surface area (Å²) >= 11 is 0. The fourth-order valence-electron chi connectivity index (χ4n) is 3.21. The summed E-state index contributed by atoms with van der Waals surface area (Å²) in [6.45, 7) is 6.05. The van der Waals surface area contributed by atoms with Gasteiger partial charge < -0.3 is 20.0 Å². The number of Topliss-reactive ketones (excluding diaryl/α,β-unsaturated/α-hetero) is 1. The average molecular weight is 439 g/mol. The molecule has 30 heavy (non-hydrogen) atoms. The van der Waals surface area contributed by atoms with Crippen LogP contribution in [0.15, 0.2) is 40.5 Å². The van der Waals surface area contributed by atoms with Gasteiger partial charge in [0.15, 0.2) is 5.78 Å². The van der Waals surface area contributed by atoms with Gasteiger partial charge >= 0.3 is 5.97 Å². The SMILES string of the molecule is CC(=N)/C(C(C)=O)=C(/O)COC(=O)c1ccc(S(=O)(=O)N2CC(C)OC(C)C2)cc1. The number of aliphatic hydroxyl groups excluding tert-OH is 1. The number of hydrogen-bond acceptors (Lipinski definition) is 8. The second-order valence-electron chi connectivity index (χ2n) is 7.18. The molecule has 1 fully saturated rings. The number of nitrogens with one attached hydrogen (secondary N) is 1. The number of morpholine rings is 1. The molecule has 1 aromatic carbocycles. The third kappa shape index (κ3) is 5.53. The molecule has 2 unspecified atom stereocenters. The van der Waals surface area contributed by atoms with Gasteiger partial charge in [0.1, 0.15) is 12.4 Å². The Morgan fingerprint density at radius 3 is 2.17 bits per heavy atom. The molecule has 9 nitrogen and oxygen atoms in total. The van der Waals surface area contributed by atoms with Crippen molar-refractivity contribution in [1.29, 1.82) is 5.41 Å². The Morgan fingerprint density at radius 2 is 1.70 bits per heavy atom. The molecule has 0 spiro atoms. The third-order valence-electron chi connectivity index (χ3n) is 4.47. The molecule has 2 rings (SSSR count). The van der Waals surface area contributed by atoms with E-state index in [4.69, 9.17) is 14.9 Å². The molecule has 2 atom stereocenters. The van der Waals surface area contributed by atoms with Crippen molar-refractivity contribution in [3.63, 3.8) is 0 Å². The van der Waals surface area contributed by atoms with Crippen molar-refractivity contribution < 1.29 is 32.6 Å². The lowest BCUT2D eigenvalue weighted by atomic mass is 10.1. The van der Waals surface area contributed by atoms with E-state index in [1.165, 1.54) is 42.4 Å². The van der Waals surface area contributed by atoms with Crippen molar-refractivity contribution in [2.45, 2.75) is 44.8 Å². The maximum Gasteiger partial charge on any atom is 0.338 e. The highest BCUT2D eigenvalue weighted by Crippen LogP contribution is 2.21. The minimum absolute atomic E-state index is 0.0430. The van der Waals surface area contributed by atoms with Gasteiger partial charge in [0.05, 0.1) is 28.2 Å². The van der Waals surface area contributed by atoms with Gasteiger partial charge in [-0.15, -0.1) is 0 Å². The number of nitrogens with zero attached hydrogens (tertiary/aromatic N) is 1. The Hall–Kier alpha value is -2.56. The van der Waals surface area contributed by atoms with Crippen LogP contribution in [-0.2, 0) is 24.3 Å². The predicted molar refractivity (Wildman–Crippen MR) is 109 cm³/mol. The molecule has 0 aliphatic carbocycles. The highest BCUT2D eigenvalue weighted by Gasteiger charge is 2.32. The predicted octanol–water partition coefficient (Wildman–Crippen LogP) is 2.08. The zero-order valence-electron chi connectivity index (χ0n) is 17.3. The molecule has 1 saturated heterocycles. The van der Waals surface area contributed by atoms with Crippen molar-refractivity contribution in [3.05, 3.63) is 41.2 Å². The molecule has 0 bridgehead atoms. The summed E-state index contributed by atoms with van der Waals surface area (Å²) in [4.78, 5) is 23.7. The summed E-state index contributed by atoms with van der Waals surface area (Å²) in [6, 6.07) is 5.26. The summed E-state index contributed by atoms with van der Waals surface area (Å²) in [6.07, 6.45) is -0.439. The zero-order chi connectivity index (χ0) is 22.6. The Morgan fingerprint density at radius 1 is 1.17 bits per heavy atom. The number of carbonyl (C=O) groups excluding carboxylic acids is 2. The maximum atomic E-state index is 12.8. The summed E-state index contributed by atoms with van der Waals surface area (Å²) in [7, 11) is -3.73. The number of sulfonamides is 1. The van der Waals surface area contributed by atoms with E-state index < -0.39 is 34.1 Å². The molecule has 164 valence electrons. The van der Waals surface area contributed by atoms with Gasteiger partial charge in [-0.3, -0.25) is 4.79 Å². The van der Waals surface area contributed by atoms with E-state index in [2.05, 4.69) is 0 Å². The van der Waals surface area contributed by atoms with Gasteiger partial charge in [-0.1, -0.05) is 0 Å². The van der Waals surface area contributed by atoms with E-state index in [0.717, 1.165) is 0 Å². The molecule has 1 aromatic rings. The Balaban J connectivity index is 2.11. The van der Waals surface area contributed by atoms with Crippen LogP contribution in [-0.4, -0.2) is 67.2 Å². The highest BCUT2D eigenvalue weighted by atomic mass is 32.2. The number of benzene rings is 1. The molecule has 0 aromatic heterocycles. The van der Waals surface area contributed by atoms with Crippen LogP contribution in [0.1, 0.15) is 38.1 Å². The highest BCUT2D eigenvalue weighted by molar-refractivity contribution is 7.89. The number of carbonyl (C=O) groups is 2. The number of rotatable bonds is 7. The van der Waals surface area contributed by atoms with Crippen molar-refractivity contribution in [3.8, 4) is 0 Å². The van der Waals surface area contributed by atoms with Crippen molar-refractivity contribution in [2.75, 3.05) is 19.7 Å². The third-order valence-corrected chi connectivity index (χ3v) is 6.32. The van der Waals surface area contributed by atoms with Crippen LogP contribution in [0.2, 0.25) is 0 Å².